The van der Waals surface area contributed by atoms with Crippen LogP contribution in [0.5, 0.6) is 0 Å². The van der Waals surface area contributed by atoms with Gasteiger partial charge in [-0.3, -0.25) is 0 Å². The molecule has 0 unspecified atom stereocenters. The molecule has 0 heterocycles. The van der Waals surface area contributed by atoms with Gasteiger partial charge in [0.2, 0.25) is 0 Å². The zero-order chi connectivity index (χ0) is 16.1. The van der Waals surface area contributed by atoms with Crippen molar-refractivity contribution in [2.24, 2.45) is 0 Å². The third-order valence-electron chi connectivity index (χ3n) is 4.54. The average Bonchev–Trinajstić information content (AvgIpc) is 2.54. The highest BCUT2D eigenvalue weighted by Crippen LogP contribution is 2.14. The van der Waals surface area contributed by atoms with Crippen LogP contribution in [-0.4, -0.2) is 11.1 Å². The third-order valence-corrected chi connectivity index (χ3v) is 5.42. The molecule has 2 heteroatoms. The van der Waals surface area contributed by atoms with E-state index >= 15 is 0 Å². The predicted octanol–water partition coefficient (Wildman–Crippen LogP) is 8.33. The third kappa shape index (κ3) is 20.8. The lowest BCUT2D eigenvalue weighted by atomic mass is 10.0. The topological polar surface area (TPSA) is 0 Å². The Balaban J connectivity index is 2.91. The lowest BCUT2D eigenvalue weighted by Crippen LogP contribution is -1.84. The van der Waals surface area contributed by atoms with Crippen LogP contribution in [-0.2, 0) is 0 Å². The molecule has 0 rings (SSSR count). The van der Waals surface area contributed by atoms with Crippen LogP contribution in [0.4, 0.5) is 0 Å². The summed E-state index contributed by atoms with van der Waals surface area (Å²) in [5, 5.41) is 1.18. The van der Waals surface area contributed by atoms with Gasteiger partial charge in [0, 0.05) is 5.33 Å². The van der Waals surface area contributed by atoms with Crippen molar-refractivity contribution in [3.63, 3.8) is 0 Å². The molecule has 134 valence electrons. The Morgan fingerprint density at radius 1 is 0.364 bits per heavy atom. The Labute approximate surface area is 155 Å². The number of hydrogen-bond acceptors (Lipinski definition) is 1. The summed E-state index contributed by atoms with van der Waals surface area (Å²) in [6.45, 7) is 0. The fourth-order valence-corrected chi connectivity index (χ4v) is 3.65. The molecule has 0 aliphatic rings. The fraction of sp³-hybridized carbons (Fsp3) is 1.00. The minimum Gasteiger partial charge on any atom is -0.179 e. The van der Waals surface area contributed by atoms with Gasteiger partial charge >= 0.3 is 0 Å². The van der Waals surface area contributed by atoms with Gasteiger partial charge < -0.3 is 0 Å². The number of rotatable bonds is 19. The van der Waals surface area contributed by atoms with E-state index in [1.54, 1.807) is 0 Å². The molecule has 0 saturated carbocycles. The van der Waals surface area contributed by atoms with Crippen molar-refractivity contribution in [2.75, 3.05) is 11.1 Å². The zero-order valence-corrected chi connectivity index (χ0v) is 17.4. The molecule has 0 bridgehead atoms. The lowest BCUT2D eigenvalue weighted by molar-refractivity contribution is 0.527. The van der Waals surface area contributed by atoms with Crippen LogP contribution in [0.1, 0.15) is 116 Å². The van der Waals surface area contributed by atoms with E-state index in [4.69, 9.17) is 0 Å². The monoisotopic (exact) mass is 392 g/mol. The molecule has 0 amide bonds. The van der Waals surface area contributed by atoms with Gasteiger partial charge in [0.1, 0.15) is 0 Å². The van der Waals surface area contributed by atoms with Gasteiger partial charge in [0.15, 0.2) is 0 Å². The predicted molar refractivity (Wildman–Crippen MR) is 111 cm³/mol. The number of unbranched alkanes of at least 4 members (excludes halogenated alkanes) is 17. The Morgan fingerprint density at radius 2 is 0.591 bits per heavy atom. The molecule has 0 aromatic rings. The molecular weight excluding hydrogens is 352 g/mol. The maximum atomic E-state index is 4.25. The van der Waals surface area contributed by atoms with Gasteiger partial charge in [-0.25, -0.2) is 0 Å². The van der Waals surface area contributed by atoms with Crippen LogP contribution < -0.4 is 0 Å². The van der Waals surface area contributed by atoms with E-state index in [1.807, 2.05) is 0 Å². The summed E-state index contributed by atoms with van der Waals surface area (Å²) in [6.07, 6.45) is 26.0. The summed E-state index contributed by atoms with van der Waals surface area (Å²) in [5.74, 6) is 1.07. The second kappa shape index (κ2) is 21.8. The van der Waals surface area contributed by atoms with Crippen molar-refractivity contribution in [1.82, 2.24) is 0 Å². The van der Waals surface area contributed by atoms with Crippen molar-refractivity contribution < 1.29 is 0 Å². The molecular formula is C20H41BrS. The summed E-state index contributed by atoms with van der Waals surface area (Å²) < 4.78 is 0. The number of hydrogen-bond donors (Lipinski definition) is 1. The number of alkyl halides is 1. The van der Waals surface area contributed by atoms with Crippen LogP contribution in [0.15, 0.2) is 0 Å². The van der Waals surface area contributed by atoms with Gasteiger partial charge in [-0.15, -0.1) is 0 Å². The molecule has 0 nitrogen and oxygen atoms in total. The number of thiol groups is 1. The molecule has 0 radical (unpaired) electrons. The van der Waals surface area contributed by atoms with Crippen molar-refractivity contribution in [2.45, 2.75) is 116 Å². The molecule has 0 saturated heterocycles. The maximum absolute atomic E-state index is 4.25. The van der Waals surface area contributed by atoms with Gasteiger partial charge in [-0.1, -0.05) is 119 Å². The summed E-state index contributed by atoms with van der Waals surface area (Å²) in [7, 11) is 0. The van der Waals surface area contributed by atoms with E-state index in [-0.39, 0.29) is 0 Å². The van der Waals surface area contributed by atoms with E-state index in [2.05, 4.69) is 28.6 Å². The summed E-state index contributed by atoms with van der Waals surface area (Å²) in [6, 6.07) is 0. The standard InChI is InChI=1S/C20H41BrS/c21-19-17-15-13-11-9-7-5-3-1-2-4-6-8-10-12-14-16-18-20-22/h22H,1-20H2. The van der Waals surface area contributed by atoms with Crippen molar-refractivity contribution >= 4 is 28.6 Å². The van der Waals surface area contributed by atoms with Gasteiger partial charge in [-0.2, -0.15) is 12.6 Å². The SMILES string of the molecule is SCCCCCCCCCCCCCCCCCCCCBr. The smallest absolute Gasteiger partial charge is 0.00313 e. The molecule has 22 heavy (non-hydrogen) atoms. The minimum atomic E-state index is 1.07. The van der Waals surface area contributed by atoms with E-state index in [0.717, 1.165) is 5.75 Å². The van der Waals surface area contributed by atoms with E-state index in [1.165, 1.54) is 121 Å². The van der Waals surface area contributed by atoms with Crippen LogP contribution in [0.25, 0.3) is 0 Å². The van der Waals surface area contributed by atoms with Crippen molar-refractivity contribution in [1.29, 1.82) is 0 Å². The highest BCUT2D eigenvalue weighted by molar-refractivity contribution is 9.09. The zero-order valence-electron chi connectivity index (χ0n) is 15.0. The highest BCUT2D eigenvalue weighted by atomic mass is 79.9. The van der Waals surface area contributed by atoms with Crippen molar-refractivity contribution in [3.05, 3.63) is 0 Å². The number of halogens is 1. The second-order valence-electron chi connectivity index (χ2n) is 6.78. The summed E-state index contributed by atoms with van der Waals surface area (Å²) in [5.41, 5.74) is 0. The Hall–Kier alpha value is 0.830. The Morgan fingerprint density at radius 3 is 0.818 bits per heavy atom. The first-order valence-corrected chi connectivity index (χ1v) is 11.8. The lowest BCUT2D eigenvalue weighted by Gasteiger charge is -2.03. The van der Waals surface area contributed by atoms with Crippen LogP contribution >= 0.6 is 28.6 Å². The molecule has 0 atom stereocenters. The molecule has 0 aliphatic carbocycles. The Kier molecular flexibility index (Phi) is 22.7. The van der Waals surface area contributed by atoms with Gasteiger partial charge in [-0.05, 0) is 18.6 Å². The van der Waals surface area contributed by atoms with E-state index in [0.29, 0.717) is 0 Å². The Bertz CT molecular complexity index is 165. The maximum Gasteiger partial charge on any atom is 0.00313 e. The molecule has 0 spiro atoms. The van der Waals surface area contributed by atoms with Gasteiger partial charge in [0.25, 0.3) is 0 Å². The quantitative estimate of drug-likeness (QED) is 0.127. The molecule has 0 N–H and O–H groups in total. The molecule has 0 aliphatic heterocycles. The molecule has 0 fully saturated rings. The van der Waals surface area contributed by atoms with Gasteiger partial charge in [0.05, 0.1) is 0 Å². The van der Waals surface area contributed by atoms with E-state index in [9.17, 15) is 0 Å². The van der Waals surface area contributed by atoms with Crippen molar-refractivity contribution in [3.8, 4) is 0 Å². The van der Waals surface area contributed by atoms with Crippen LogP contribution in [0, 0.1) is 0 Å². The summed E-state index contributed by atoms with van der Waals surface area (Å²) >= 11 is 7.75. The second-order valence-corrected chi connectivity index (χ2v) is 8.02. The first-order chi connectivity index (χ1) is 10.9. The van der Waals surface area contributed by atoms with E-state index < -0.39 is 0 Å². The first-order valence-electron chi connectivity index (χ1n) is 10.1. The van der Waals surface area contributed by atoms with Crippen LogP contribution in [0.2, 0.25) is 0 Å². The largest absolute Gasteiger partial charge is 0.179 e. The normalized spacial score (nSPS) is 11.2. The minimum absolute atomic E-state index is 1.07. The first kappa shape index (κ1) is 22.8. The fourth-order valence-electron chi connectivity index (χ4n) is 3.03. The molecule has 0 aromatic carbocycles. The molecule has 0 aromatic heterocycles. The average molecular weight is 394 g/mol. The van der Waals surface area contributed by atoms with Crippen LogP contribution in [0.3, 0.4) is 0 Å². The highest BCUT2D eigenvalue weighted by Gasteiger charge is 1.94. The summed E-state index contributed by atoms with van der Waals surface area (Å²) in [4.78, 5) is 0.